The smallest absolute Gasteiger partial charge is 0.270 e. The highest BCUT2D eigenvalue weighted by Gasteiger charge is 2.25. The number of halogens is 1. The number of amides is 1. The molecule has 9 heteroatoms. The second kappa shape index (κ2) is 10.3. The van der Waals surface area contributed by atoms with Crippen LogP contribution < -0.4 is 15.5 Å². The first-order valence-electron chi connectivity index (χ1n) is 10.0. The summed E-state index contributed by atoms with van der Waals surface area (Å²) in [4.78, 5) is 23.8. The fourth-order valence-corrected chi connectivity index (χ4v) is 5.00. The Morgan fingerprint density at radius 2 is 1.90 bits per heavy atom. The third-order valence-electron chi connectivity index (χ3n) is 5.14. The summed E-state index contributed by atoms with van der Waals surface area (Å²) in [6.07, 6.45) is 5.36. The average Bonchev–Trinajstić information content (AvgIpc) is 2.71. The van der Waals surface area contributed by atoms with Gasteiger partial charge in [0.15, 0.2) is 10.6 Å². The topological polar surface area (TPSA) is 93.2 Å². The Morgan fingerprint density at radius 3 is 2.57 bits per heavy atom. The monoisotopic (exact) mass is 449 g/mol. The Kier molecular flexibility index (Phi) is 7.80. The van der Waals surface area contributed by atoms with Crippen LogP contribution in [-0.2, 0) is 16.0 Å². The lowest BCUT2D eigenvalue weighted by molar-refractivity contribution is -0.119. The van der Waals surface area contributed by atoms with E-state index in [2.05, 4.69) is 20.6 Å². The third-order valence-corrected chi connectivity index (χ3v) is 6.95. The molecule has 1 aromatic heterocycles. The Hall–Kier alpha value is -2.03. The number of benzene rings is 1. The van der Waals surface area contributed by atoms with E-state index in [0.29, 0.717) is 15.9 Å². The molecular formula is C21H28ClN5O2S. The van der Waals surface area contributed by atoms with Gasteiger partial charge in [0, 0.05) is 37.9 Å². The molecule has 1 aromatic carbocycles. The van der Waals surface area contributed by atoms with Crippen LogP contribution in [0.2, 0.25) is 5.02 Å². The van der Waals surface area contributed by atoms with Crippen molar-refractivity contribution in [2.45, 2.75) is 49.6 Å². The Labute approximate surface area is 185 Å². The van der Waals surface area contributed by atoms with Crippen LogP contribution in [0, 0.1) is 6.92 Å². The van der Waals surface area contributed by atoms with Crippen LogP contribution in [-0.4, -0.2) is 52.4 Å². The van der Waals surface area contributed by atoms with Crippen LogP contribution in [0.15, 0.2) is 35.4 Å². The zero-order valence-corrected chi connectivity index (χ0v) is 19.1. The number of nitrogens with zero attached hydrogens (tertiary/aromatic N) is 3. The summed E-state index contributed by atoms with van der Waals surface area (Å²) >= 11 is 4.62. The first-order valence-corrected chi connectivity index (χ1v) is 11.7. The van der Waals surface area contributed by atoms with Gasteiger partial charge in [-0.2, -0.15) is 4.98 Å². The number of anilines is 2. The normalized spacial score (nSPS) is 19.8. The Balaban J connectivity index is 1.46. The Morgan fingerprint density at radius 1 is 1.23 bits per heavy atom. The van der Waals surface area contributed by atoms with Gasteiger partial charge in [-0.1, -0.05) is 23.7 Å². The maximum atomic E-state index is 12.4. The van der Waals surface area contributed by atoms with Crippen molar-refractivity contribution in [1.82, 2.24) is 15.3 Å². The number of hydrogen-bond donors (Lipinski definition) is 2. The highest BCUT2D eigenvalue weighted by molar-refractivity contribution is 7.92. The third kappa shape index (κ3) is 6.00. The van der Waals surface area contributed by atoms with Crippen LogP contribution in [0.1, 0.15) is 31.2 Å². The van der Waals surface area contributed by atoms with Gasteiger partial charge in [-0.25, -0.2) is 4.98 Å². The molecule has 1 saturated carbocycles. The van der Waals surface area contributed by atoms with Crippen molar-refractivity contribution in [1.29, 1.82) is 0 Å². The fourth-order valence-electron chi connectivity index (χ4n) is 3.62. The fraction of sp³-hybridized carbons (Fsp3) is 0.476. The standard InChI is InChI=1S/C21H28ClN5O2S/c1-14-12-23-21(26-20(14)27(2)3)25-16-10-8-15(9-11-16)24-19(28)13-30(29)18-7-5-4-6-17(18)22/h4-7,12,15-16H,8-11,13H2,1-3H3,(H,24,28)(H,23,25,26)/t15-,16+,30?. The minimum atomic E-state index is -1.45. The van der Waals surface area contributed by atoms with E-state index in [1.165, 1.54) is 0 Å². The molecule has 1 fully saturated rings. The first kappa shape index (κ1) is 22.7. The van der Waals surface area contributed by atoms with Crippen molar-refractivity contribution in [3.8, 4) is 0 Å². The largest absolute Gasteiger partial charge is 0.611 e. The number of rotatable bonds is 7. The molecule has 0 aliphatic heterocycles. The predicted octanol–water partition coefficient (Wildman–Crippen LogP) is 3.15. The zero-order chi connectivity index (χ0) is 21.7. The van der Waals surface area contributed by atoms with Crippen molar-refractivity contribution in [2.24, 2.45) is 0 Å². The quantitative estimate of drug-likeness (QED) is 0.630. The lowest BCUT2D eigenvalue weighted by Gasteiger charge is -2.30. The molecule has 0 saturated heterocycles. The molecule has 1 atom stereocenters. The summed E-state index contributed by atoms with van der Waals surface area (Å²) in [5.74, 6) is 1.25. The molecule has 2 aromatic rings. The number of carbonyl (C=O) groups is 1. The average molecular weight is 450 g/mol. The maximum absolute atomic E-state index is 12.4. The van der Waals surface area contributed by atoms with Crippen LogP contribution in [0.4, 0.5) is 11.8 Å². The van der Waals surface area contributed by atoms with Crippen LogP contribution >= 0.6 is 11.6 Å². The van der Waals surface area contributed by atoms with Gasteiger partial charge in [0.05, 0.1) is 5.02 Å². The van der Waals surface area contributed by atoms with Crippen LogP contribution in [0.25, 0.3) is 0 Å². The van der Waals surface area contributed by atoms with Crippen molar-refractivity contribution in [2.75, 3.05) is 30.1 Å². The van der Waals surface area contributed by atoms with E-state index in [1.54, 1.807) is 24.3 Å². The molecule has 7 nitrogen and oxygen atoms in total. The number of carbonyl (C=O) groups excluding carboxylic acids is 1. The molecule has 1 aliphatic carbocycles. The van der Waals surface area contributed by atoms with Crippen molar-refractivity contribution < 1.29 is 9.35 Å². The van der Waals surface area contributed by atoms with Crippen LogP contribution in [0.5, 0.6) is 0 Å². The lowest BCUT2D eigenvalue weighted by Crippen LogP contribution is -2.42. The Bertz CT molecular complexity index is 874. The van der Waals surface area contributed by atoms with Crippen molar-refractivity contribution in [3.05, 3.63) is 41.0 Å². The molecule has 1 aliphatic rings. The highest BCUT2D eigenvalue weighted by Crippen LogP contribution is 2.24. The van der Waals surface area contributed by atoms with E-state index in [9.17, 15) is 9.35 Å². The molecule has 3 rings (SSSR count). The number of aromatic nitrogens is 2. The van der Waals surface area contributed by atoms with Gasteiger partial charge >= 0.3 is 0 Å². The molecule has 1 heterocycles. The van der Waals surface area contributed by atoms with Gasteiger partial charge in [0.25, 0.3) is 5.91 Å². The molecule has 0 spiro atoms. The second-order valence-electron chi connectivity index (χ2n) is 7.78. The summed E-state index contributed by atoms with van der Waals surface area (Å²) in [7, 11) is 3.93. The van der Waals surface area contributed by atoms with Gasteiger partial charge < -0.3 is 20.1 Å². The molecule has 0 radical (unpaired) electrons. The van der Waals surface area contributed by atoms with E-state index >= 15 is 0 Å². The van der Waals surface area contributed by atoms with Crippen molar-refractivity contribution in [3.63, 3.8) is 0 Å². The summed E-state index contributed by atoms with van der Waals surface area (Å²) in [5, 5.41) is 6.85. The molecule has 1 amide bonds. The number of aryl methyl sites for hydroxylation is 1. The summed E-state index contributed by atoms with van der Waals surface area (Å²) in [6, 6.07) is 7.28. The van der Waals surface area contributed by atoms with Gasteiger partial charge in [-0.15, -0.1) is 0 Å². The minimum Gasteiger partial charge on any atom is -0.611 e. The van der Waals surface area contributed by atoms with Gasteiger partial charge in [-0.3, -0.25) is 4.79 Å². The summed E-state index contributed by atoms with van der Waals surface area (Å²) < 4.78 is 12.4. The second-order valence-corrected chi connectivity index (χ2v) is 9.60. The number of hydrogen-bond acceptors (Lipinski definition) is 6. The van der Waals surface area contributed by atoms with E-state index in [4.69, 9.17) is 11.6 Å². The van der Waals surface area contributed by atoms with Gasteiger partial charge in [0.1, 0.15) is 5.82 Å². The summed E-state index contributed by atoms with van der Waals surface area (Å²) in [5.41, 5.74) is 1.03. The maximum Gasteiger partial charge on any atom is 0.270 e. The molecule has 162 valence electrons. The minimum absolute atomic E-state index is 0.0770. The predicted molar refractivity (Wildman–Crippen MR) is 122 cm³/mol. The lowest BCUT2D eigenvalue weighted by atomic mass is 9.91. The van der Waals surface area contributed by atoms with E-state index in [0.717, 1.165) is 37.1 Å². The van der Waals surface area contributed by atoms with E-state index < -0.39 is 11.2 Å². The molecule has 1 unspecified atom stereocenters. The van der Waals surface area contributed by atoms with E-state index in [1.807, 2.05) is 32.1 Å². The molecule has 2 N–H and O–H groups in total. The molecular weight excluding hydrogens is 422 g/mol. The highest BCUT2D eigenvalue weighted by atomic mass is 35.5. The van der Waals surface area contributed by atoms with Gasteiger partial charge in [-0.05, 0) is 55.9 Å². The number of nitrogens with one attached hydrogen (secondary N) is 2. The van der Waals surface area contributed by atoms with Gasteiger partial charge in [0.2, 0.25) is 5.95 Å². The van der Waals surface area contributed by atoms with Crippen LogP contribution in [0.3, 0.4) is 0 Å². The molecule has 30 heavy (non-hydrogen) atoms. The summed E-state index contributed by atoms with van der Waals surface area (Å²) in [6.45, 7) is 1.99. The first-order chi connectivity index (χ1) is 14.3. The zero-order valence-electron chi connectivity index (χ0n) is 17.5. The SMILES string of the molecule is Cc1cnc(N[C@H]2CC[C@@H](NC(=O)C[S+]([O-])c3ccccc3Cl)CC2)nc1N(C)C. The molecule has 0 bridgehead atoms. The van der Waals surface area contributed by atoms with E-state index in [-0.39, 0.29) is 23.7 Å². The van der Waals surface area contributed by atoms with Crippen molar-refractivity contribution >= 4 is 40.5 Å².